The Hall–Kier alpha value is -3.00. The maximum atomic E-state index is 12.4. The van der Waals surface area contributed by atoms with Crippen LogP contribution >= 0.6 is 31.9 Å². The molecule has 0 aliphatic heterocycles. The molecule has 0 saturated carbocycles. The van der Waals surface area contributed by atoms with Gasteiger partial charge in [-0.25, -0.2) is 5.43 Å². The quantitative estimate of drug-likeness (QED) is 0.208. The molecule has 1 amide bonds. The van der Waals surface area contributed by atoms with Crippen molar-refractivity contribution in [2.75, 3.05) is 0 Å². The summed E-state index contributed by atoms with van der Waals surface area (Å²) >= 11 is 6.81. The van der Waals surface area contributed by atoms with Gasteiger partial charge in [-0.3, -0.25) is 4.79 Å². The second-order valence-electron chi connectivity index (χ2n) is 7.31. The first kappa shape index (κ1) is 23.2. The monoisotopic (exact) mass is 566 g/mol. The molecule has 0 aliphatic rings. The van der Waals surface area contributed by atoms with Crippen molar-refractivity contribution >= 4 is 54.8 Å². The normalized spacial score (nSPS) is 12.1. The van der Waals surface area contributed by atoms with Gasteiger partial charge in [-0.2, -0.15) is 5.10 Å². The summed E-state index contributed by atoms with van der Waals surface area (Å²) in [5.41, 5.74) is 4.66. The highest BCUT2D eigenvalue weighted by atomic mass is 79.9. The van der Waals surface area contributed by atoms with Crippen LogP contribution in [0, 0.1) is 0 Å². The first-order valence-electron chi connectivity index (χ1n) is 10.2. The van der Waals surface area contributed by atoms with Gasteiger partial charge >= 0.3 is 0 Å². The van der Waals surface area contributed by atoms with Gasteiger partial charge in [-0.15, -0.1) is 0 Å². The van der Waals surface area contributed by atoms with Gasteiger partial charge in [0.15, 0.2) is 6.10 Å². The molecular weight excluding hydrogens is 548 g/mol. The van der Waals surface area contributed by atoms with E-state index in [4.69, 9.17) is 4.74 Å². The third kappa shape index (κ3) is 5.87. The molecule has 0 fully saturated rings. The third-order valence-corrected chi connectivity index (χ3v) is 6.04. The number of benzene rings is 4. The fourth-order valence-corrected chi connectivity index (χ4v) is 4.05. The first-order valence-corrected chi connectivity index (χ1v) is 11.8. The number of hydrogen-bond donors (Lipinski definition) is 2. The van der Waals surface area contributed by atoms with Crippen molar-refractivity contribution in [3.63, 3.8) is 0 Å². The van der Waals surface area contributed by atoms with E-state index in [1.54, 1.807) is 30.5 Å². The highest BCUT2D eigenvalue weighted by Gasteiger charge is 2.16. The van der Waals surface area contributed by atoms with Crippen LogP contribution < -0.4 is 10.2 Å². The van der Waals surface area contributed by atoms with Gasteiger partial charge in [0.05, 0.1) is 6.21 Å². The number of halogens is 2. The van der Waals surface area contributed by atoms with Gasteiger partial charge in [0.2, 0.25) is 0 Å². The van der Waals surface area contributed by atoms with E-state index in [1.807, 2.05) is 60.7 Å². The maximum Gasteiger partial charge on any atom is 0.273 e. The molecule has 7 heteroatoms. The minimum Gasteiger partial charge on any atom is -0.488 e. The van der Waals surface area contributed by atoms with Crippen LogP contribution in [0.25, 0.3) is 10.8 Å². The van der Waals surface area contributed by atoms with Gasteiger partial charge in [-0.05, 0) is 52.2 Å². The Morgan fingerprint density at radius 1 is 0.970 bits per heavy atom. The number of nitrogens with one attached hydrogen (secondary N) is 1. The number of nitrogens with zero attached hydrogens (tertiary/aromatic N) is 1. The summed E-state index contributed by atoms with van der Waals surface area (Å²) in [4.78, 5) is 12.4. The lowest BCUT2D eigenvalue weighted by Gasteiger charge is -2.12. The maximum absolute atomic E-state index is 12.4. The second-order valence-corrected chi connectivity index (χ2v) is 9.14. The summed E-state index contributed by atoms with van der Waals surface area (Å²) in [6.45, 7) is 0.382. The molecule has 0 radical (unpaired) electrons. The van der Waals surface area contributed by atoms with Crippen molar-refractivity contribution in [2.24, 2.45) is 5.10 Å². The minimum atomic E-state index is -1.32. The molecular formula is C26H20Br2N2O3. The number of hydrazone groups is 1. The van der Waals surface area contributed by atoms with Crippen LogP contribution in [0.15, 0.2) is 99.0 Å². The van der Waals surface area contributed by atoms with Crippen molar-refractivity contribution in [1.29, 1.82) is 0 Å². The lowest BCUT2D eigenvalue weighted by Crippen LogP contribution is -2.25. The Kier molecular flexibility index (Phi) is 7.54. The number of aliphatic hydroxyl groups is 1. The van der Waals surface area contributed by atoms with Crippen LogP contribution in [-0.4, -0.2) is 17.2 Å². The molecule has 0 bridgehead atoms. The van der Waals surface area contributed by atoms with Crippen LogP contribution in [0.2, 0.25) is 0 Å². The number of hydrogen-bond acceptors (Lipinski definition) is 4. The smallest absolute Gasteiger partial charge is 0.273 e. The van der Waals surface area contributed by atoms with Crippen molar-refractivity contribution in [1.82, 2.24) is 5.43 Å². The number of aliphatic hydroxyl groups excluding tert-OH is 1. The number of carbonyl (C=O) groups is 1. The van der Waals surface area contributed by atoms with E-state index >= 15 is 0 Å². The van der Waals surface area contributed by atoms with Crippen molar-refractivity contribution in [3.8, 4) is 5.75 Å². The number of carbonyl (C=O) groups excluding carboxylic acids is 1. The summed E-state index contributed by atoms with van der Waals surface area (Å²) in [5, 5.41) is 16.4. The molecule has 4 aromatic rings. The van der Waals surface area contributed by atoms with Gasteiger partial charge in [0.25, 0.3) is 5.91 Å². The molecule has 0 spiro atoms. The van der Waals surface area contributed by atoms with Crippen LogP contribution in [0.3, 0.4) is 0 Å². The zero-order valence-corrected chi connectivity index (χ0v) is 20.6. The van der Waals surface area contributed by atoms with E-state index in [-0.39, 0.29) is 0 Å². The number of ether oxygens (including phenoxy) is 1. The Bertz CT molecular complexity index is 1310. The summed E-state index contributed by atoms with van der Waals surface area (Å²) in [6, 6.07) is 26.5. The Balaban J connectivity index is 1.54. The summed E-state index contributed by atoms with van der Waals surface area (Å²) < 4.78 is 7.94. The van der Waals surface area contributed by atoms with E-state index in [2.05, 4.69) is 42.4 Å². The van der Waals surface area contributed by atoms with Gasteiger partial charge < -0.3 is 9.84 Å². The zero-order chi connectivity index (χ0) is 23.2. The van der Waals surface area contributed by atoms with Crippen LogP contribution in [0.1, 0.15) is 22.8 Å². The van der Waals surface area contributed by atoms with E-state index in [1.165, 1.54) is 0 Å². The van der Waals surface area contributed by atoms with Crippen molar-refractivity contribution in [3.05, 3.63) is 111 Å². The summed E-state index contributed by atoms with van der Waals surface area (Å²) in [6.07, 6.45) is 0.222. The molecule has 4 aromatic carbocycles. The Morgan fingerprint density at radius 3 is 2.55 bits per heavy atom. The first-order chi connectivity index (χ1) is 16.0. The van der Waals surface area contributed by atoms with Gasteiger partial charge in [0.1, 0.15) is 12.4 Å². The van der Waals surface area contributed by atoms with E-state index in [0.29, 0.717) is 17.9 Å². The lowest BCUT2D eigenvalue weighted by atomic mass is 10.0. The highest BCUT2D eigenvalue weighted by molar-refractivity contribution is 9.10. The predicted molar refractivity (Wildman–Crippen MR) is 137 cm³/mol. The molecule has 0 aliphatic carbocycles. The SMILES string of the molecule is O=C(NN=Cc1c(OCc2cccc(Br)c2)ccc2ccccc12)C(O)c1ccc(Br)cc1. The lowest BCUT2D eigenvalue weighted by molar-refractivity contribution is -0.129. The van der Waals surface area contributed by atoms with Crippen LogP contribution in [0.5, 0.6) is 5.75 Å². The standard InChI is InChI=1S/C26H20Br2N2O3/c27-20-11-8-19(9-12-20)25(31)26(32)30-29-15-23-22-7-2-1-5-18(22)10-13-24(23)33-16-17-4-3-6-21(28)14-17/h1-15,25,31H,16H2,(H,30,32). The van der Waals surface area contributed by atoms with E-state index in [0.717, 1.165) is 30.8 Å². The number of rotatable bonds is 7. The largest absolute Gasteiger partial charge is 0.488 e. The molecule has 2 N–H and O–H groups in total. The molecule has 0 saturated heterocycles. The van der Waals surface area contributed by atoms with Gasteiger partial charge in [0, 0.05) is 14.5 Å². The summed E-state index contributed by atoms with van der Waals surface area (Å²) in [5.74, 6) is 0.0190. The fourth-order valence-electron chi connectivity index (χ4n) is 3.34. The second kappa shape index (κ2) is 10.7. The molecule has 1 atom stereocenters. The molecule has 166 valence electrons. The summed E-state index contributed by atoms with van der Waals surface area (Å²) in [7, 11) is 0. The van der Waals surface area contributed by atoms with Crippen molar-refractivity contribution in [2.45, 2.75) is 12.7 Å². The highest BCUT2D eigenvalue weighted by Crippen LogP contribution is 2.28. The fraction of sp³-hybridized carbons (Fsp3) is 0.0769. The zero-order valence-electron chi connectivity index (χ0n) is 17.4. The Morgan fingerprint density at radius 2 is 1.76 bits per heavy atom. The molecule has 5 nitrogen and oxygen atoms in total. The molecule has 4 rings (SSSR count). The van der Waals surface area contributed by atoms with Crippen LogP contribution in [-0.2, 0) is 11.4 Å². The van der Waals surface area contributed by atoms with E-state index < -0.39 is 12.0 Å². The van der Waals surface area contributed by atoms with Crippen molar-refractivity contribution < 1.29 is 14.6 Å². The third-order valence-electron chi connectivity index (χ3n) is 5.02. The molecule has 0 heterocycles. The van der Waals surface area contributed by atoms with Crippen LogP contribution in [0.4, 0.5) is 0 Å². The average Bonchev–Trinajstić information content (AvgIpc) is 2.83. The Labute approximate surface area is 208 Å². The number of fused-ring (bicyclic) bond motifs is 1. The average molecular weight is 568 g/mol. The predicted octanol–water partition coefficient (Wildman–Crippen LogP) is 6.13. The number of amides is 1. The van der Waals surface area contributed by atoms with Gasteiger partial charge in [-0.1, -0.05) is 86.5 Å². The molecule has 33 heavy (non-hydrogen) atoms. The topological polar surface area (TPSA) is 70.9 Å². The minimum absolute atomic E-state index is 0.382. The van der Waals surface area contributed by atoms with E-state index in [9.17, 15) is 9.90 Å². The molecule has 0 aromatic heterocycles. The molecule has 1 unspecified atom stereocenters.